The van der Waals surface area contributed by atoms with Gasteiger partial charge in [0.25, 0.3) is 0 Å². The molecule has 0 bridgehead atoms. The minimum atomic E-state index is -4.44. The third-order valence-electron chi connectivity index (χ3n) is 6.10. The van der Waals surface area contributed by atoms with Crippen LogP contribution in [0.25, 0.3) is 11.3 Å². The zero-order valence-electron chi connectivity index (χ0n) is 19.4. The summed E-state index contributed by atoms with van der Waals surface area (Å²) in [6, 6.07) is 15.1. The number of alkyl halides is 3. The number of rotatable bonds is 8. The van der Waals surface area contributed by atoms with Gasteiger partial charge in [0.15, 0.2) is 5.76 Å². The monoisotopic (exact) mass is 474 g/mol. The highest BCUT2D eigenvalue weighted by Crippen LogP contribution is 2.36. The van der Waals surface area contributed by atoms with Crippen LogP contribution >= 0.6 is 0 Å². The van der Waals surface area contributed by atoms with E-state index in [1.807, 2.05) is 19.2 Å². The maximum Gasteiger partial charge on any atom is 0.417 e. The fraction of sp³-hybridized carbons (Fsp3) is 0.400. The Labute approximate surface area is 197 Å². The molecule has 0 radical (unpaired) electrons. The van der Waals surface area contributed by atoms with E-state index in [9.17, 15) is 13.2 Å². The number of ether oxygens (including phenoxy) is 1. The summed E-state index contributed by atoms with van der Waals surface area (Å²) in [5.41, 5.74) is 0.719. The molecular formula is C25H29F3N4O2. The van der Waals surface area contributed by atoms with Gasteiger partial charge in [0.1, 0.15) is 11.4 Å². The fourth-order valence-corrected chi connectivity index (χ4v) is 4.15. The Kier molecular flexibility index (Phi) is 7.43. The lowest BCUT2D eigenvalue weighted by molar-refractivity contribution is -0.137. The normalized spacial score (nSPS) is 15.2. The van der Waals surface area contributed by atoms with Gasteiger partial charge >= 0.3 is 6.18 Å². The molecule has 1 aliphatic heterocycles. The number of likely N-dealkylation sites (N-methyl/N-ethyl adjacent to an activating group) is 1. The number of piperazine rings is 1. The molecule has 182 valence electrons. The van der Waals surface area contributed by atoms with Crippen molar-refractivity contribution < 1.29 is 22.4 Å². The van der Waals surface area contributed by atoms with Crippen LogP contribution in [0.2, 0.25) is 0 Å². The topological polar surface area (TPSA) is 45.0 Å². The van der Waals surface area contributed by atoms with Crippen molar-refractivity contribution in [2.45, 2.75) is 12.7 Å². The van der Waals surface area contributed by atoms with Crippen LogP contribution in [-0.2, 0) is 12.7 Å². The first-order valence-corrected chi connectivity index (χ1v) is 11.3. The van der Waals surface area contributed by atoms with E-state index in [-0.39, 0.29) is 11.3 Å². The van der Waals surface area contributed by atoms with Crippen LogP contribution in [0.15, 0.2) is 59.1 Å². The molecule has 0 amide bonds. The minimum Gasteiger partial charge on any atom is -0.497 e. The van der Waals surface area contributed by atoms with Crippen LogP contribution < -0.4 is 9.64 Å². The highest BCUT2D eigenvalue weighted by Gasteiger charge is 2.34. The van der Waals surface area contributed by atoms with Crippen molar-refractivity contribution in [3.63, 3.8) is 0 Å². The van der Waals surface area contributed by atoms with Gasteiger partial charge in [-0.3, -0.25) is 9.80 Å². The first-order chi connectivity index (χ1) is 16.3. The predicted octanol–water partition coefficient (Wildman–Crippen LogP) is 4.62. The number of hydrogen-bond acceptors (Lipinski definition) is 6. The number of anilines is 1. The summed E-state index contributed by atoms with van der Waals surface area (Å²) in [7, 11) is 3.64. The predicted molar refractivity (Wildman–Crippen MR) is 125 cm³/mol. The Bertz CT molecular complexity index is 1060. The second-order valence-corrected chi connectivity index (χ2v) is 8.49. The molecule has 1 fully saturated rings. The molecule has 0 atom stereocenters. The number of aromatic nitrogens is 1. The van der Waals surface area contributed by atoms with Crippen LogP contribution in [0.4, 0.5) is 18.9 Å². The van der Waals surface area contributed by atoms with Crippen molar-refractivity contribution in [3.05, 3.63) is 65.9 Å². The summed E-state index contributed by atoms with van der Waals surface area (Å²) in [6.07, 6.45) is -4.44. The number of methoxy groups -OCH3 is 1. The van der Waals surface area contributed by atoms with Gasteiger partial charge in [-0.05, 0) is 37.4 Å². The van der Waals surface area contributed by atoms with Crippen LogP contribution in [0.1, 0.15) is 11.3 Å². The number of benzene rings is 2. The van der Waals surface area contributed by atoms with Gasteiger partial charge in [0.05, 0.1) is 19.2 Å². The molecule has 9 heteroatoms. The van der Waals surface area contributed by atoms with Gasteiger partial charge in [0, 0.05) is 56.6 Å². The second kappa shape index (κ2) is 10.5. The maximum atomic E-state index is 13.3. The molecule has 2 heterocycles. The lowest BCUT2D eigenvalue weighted by atomic mass is 10.0. The third-order valence-corrected chi connectivity index (χ3v) is 6.10. The lowest BCUT2D eigenvalue weighted by Gasteiger charge is -2.36. The average Bonchev–Trinajstić information content (AvgIpc) is 3.31. The highest BCUT2D eigenvalue weighted by atomic mass is 19.4. The van der Waals surface area contributed by atoms with E-state index in [0.717, 1.165) is 51.1 Å². The molecule has 1 saturated heterocycles. The molecule has 3 aromatic rings. The van der Waals surface area contributed by atoms with E-state index < -0.39 is 11.7 Å². The molecule has 1 aliphatic rings. The Morgan fingerprint density at radius 2 is 1.74 bits per heavy atom. The van der Waals surface area contributed by atoms with E-state index in [0.29, 0.717) is 12.3 Å². The number of nitrogens with zero attached hydrogens (tertiary/aromatic N) is 4. The first kappa shape index (κ1) is 24.1. The summed E-state index contributed by atoms with van der Waals surface area (Å²) < 4.78 is 50.5. The van der Waals surface area contributed by atoms with E-state index in [1.54, 1.807) is 19.2 Å². The van der Waals surface area contributed by atoms with Gasteiger partial charge < -0.3 is 14.2 Å². The smallest absolute Gasteiger partial charge is 0.417 e. The molecule has 0 saturated carbocycles. The number of hydrogen-bond donors (Lipinski definition) is 0. The van der Waals surface area contributed by atoms with Gasteiger partial charge in [-0.2, -0.15) is 13.2 Å². The van der Waals surface area contributed by atoms with Crippen molar-refractivity contribution in [1.29, 1.82) is 0 Å². The van der Waals surface area contributed by atoms with Crippen LogP contribution in [0.5, 0.6) is 5.75 Å². The summed E-state index contributed by atoms with van der Waals surface area (Å²) in [5, 5.41) is 3.89. The summed E-state index contributed by atoms with van der Waals surface area (Å²) in [6.45, 7) is 6.07. The van der Waals surface area contributed by atoms with Gasteiger partial charge in [-0.1, -0.05) is 23.4 Å². The SMILES string of the molecule is COc1ccc(N2CCN(CCN(C)Cc3cc(-c4ccccc4C(F)(F)F)no3)CC2)cc1. The number of halogens is 3. The molecule has 0 N–H and O–H groups in total. The Hall–Kier alpha value is -3.04. The molecule has 0 unspecified atom stereocenters. The van der Waals surface area contributed by atoms with Crippen molar-refractivity contribution in [3.8, 4) is 17.0 Å². The van der Waals surface area contributed by atoms with E-state index in [1.165, 1.54) is 17.8 Å². The Morgan fingerprint density at radius 3 is 2.41 bits per heavy atom. The van der Waals surface area contributed by atoms with Crippen LogP contribution in [0, 0.1) is 0 Å². The molecule has 1 aromatic heterocycles. The molecule has 2 aromatic carbocycles. The van der Waals surface area contributed by atoms with E-state index in [4.69, 9.17) is 9.26 Å². The van der Waals surface area contributed by atoms with Gasteiger partial charge in [0.2, 0.25) is 0 Å². The summed E-state index contributed by atoms with van der Waals surface area (Å²) in [4.78, 5) is 6.88. The quantitative estimate of drug-likeness (QED) is 0.475. The summed E-state index contributed by atoms with van der Waals surface area (Å²) in [5.74, 6) is 1.40. The first-order valence-electron chi connectivity index (χ1n) is 11.3. The highest BCUT2D eigenvalue weighted by molar-refractivity contribution is 5.64. The van der Waals surface area contributed by atoms with Gasteiger partial charge in [-0.15, -0.1) is 0 Å². The molecule has 4 rings (SSSR count). The molecular weight excluding hydrogens is 445 g/mol. The van der Waals surface area contributed by atoms with E-state index >= 15 is 0 Å². The fourth-order valence-electron chi connectivity index (χ4n) is 4.15. The van der Waals surface area contributed by atoms with Crippen molar-refractivity contribution in [2.24, 2.45) is 0 Å². The summed E-state index contributed by atoms with van der Waals surface area (Å²) >= 11 is 0. The van der Waals surface area contributed by atoms with E-state index in [2.05, 4.69) is 32.0 Å². The lowest BCUT2D eigenvalue weighted by Crippen LogP contribution is -2.48. The van der Waals surface area contributed by atoms with Crippen LogP contribution in [-0.4, -0.2) is 68.4 Å². The van der Waals surface area contributed by atoms with Crippen molar-refractivity contribution >= 4 is 5.69 Å². The zero-order valence-corrected chi connectivity index (χ0v) is 19.4. The second-order valence-electron chi connectivity index (χ2n) is 8.49. The van der Waals surface area contributed by atoms with Crippen LogP contribution in [0.3, 0.4) is 0 Å². The third kappa shape index (κ3) is 5.90. The van der Waals surface area contributed by atoms with Crippen molar-refractivity contribution in [1.82, 2.24) is 15.0 Å². The standard InChI is InChI=1S/C25H29F3N4O2/c1-30(11-12-31-13-15-32(16-14-31)19-7-9-20(33-2)10-8-19)18-21-17-24(29-34-21)22-5-3-4-6-23(22)25(26,27)28/h3-10,17H,11-16,18H2,1-2H3. The zero-order chi connectivity index (χ0) is 24.1. The average molecular weight is 475 g/mol. The largest absolute Gasteiger partial charge is 0.497 e. The molecule has 6 nitrogen and oxygen atoms in total. The van der Waals surface area contributed by atoms with Gasteiger partial charge in [-0.25, -0.2) is 0 Å². The maximum absolute atomic E-state index is 13.3. The van der Waals surface area contributed by atoms with Crippen molar-refractivity contribution in [2.75, 3.05) is 58.3 Å². The molecule has 0 aliphatic carbocycles. The Morgan fingerprint density at radius 1 is 1.03 bits per heavy atom. The minimum absolute atomic E-state index is 0.0300. The molecule has 0 spiro atoms. The Balaban J connectivity index is 1.25. The molecule has 34 heavy (non-hydrogen) atoms.